The monoisotopic (exact) mass is 427 g/mol. The normalized spacial score (nSPS) is 43.2. The molecule has 0 aromatic rings. The molecule has 0 spiro atoms. The van der Waals surface area contributed by atoms with Gasteiger partial charge in [-0.1, -0.05) is 35.6 Å². The Hall–Kier alpha value is -0.790. The Balaban J connectivity index is 1.35. The summed E-state index contributed by atoms with van der Waals surface area (Å²) < 4.78 is 37.7. The molecule has 7 heteroatoms. The Bertz CT molecular complexity index is 736. The van der Waals surface area contributed by atoms with Gasteiger partial charge in [0.25, 0.3) is 0 Å². The van der Waals surface area contributed by atoms with Crippen LogP contribution in [-0.4, -0.2) is 29.2 Å². The van der Waals surface area contributed by atoms with Gasteiger partial charge in [-0.05, 0) is 56.3 Å². The molecule has 7 unspecified atom stereocenters. The highest BCUT2D eigenvalue weighted by Crippen LogP contribution is 2.62. The molecule has 7 atom stereocenters. The molecule has 1 N–H and O–H groups in total. The molecule has 4 aliphatic carbocycles. The summed E-state index contributed by atoms with van der Waals surface area (Å²) >= 11 is 0.827. The molecule has 3 saturated carbocycles. The third kappa shape index (κ3) is 3.32. The molecule has 160 valence electrons. The fourth-order valence-electron chi connectivity index (χ4n) is 7.08. The minimum Gasteiger partial charge on any atom is -0.286 e. The standard InChI is InChI=1S/C22H28F3NO2S/c23-21(24,25)9-10-29-20(27)22-14(12-26-28-22)11-18-17-6-5-13-3-1-2-4-15(13)16(17)7-8-19(18)22/h2-4,14-19,26H,1,5-12H2. The van der Waals surface area contributed by atoms with Crippen LogP contribution in [0.15, 0.2) is 23.8 Å². The molecule has 0 aromatic heterocycles. The van der Waals surface area contributed by atoms with Crippen LogP contribution in [0.5, 0.6) is 0 Å². The average Bonchev–Trinajstić information content (AvgIpc) is 3.24. The maximum Gasteiger partial charge on any atom is 0.389 e. The van der Waals surface area contributed by atoms with E-state index in [0.717, 1.165) is 43.9 Å². The number of allylic oxidation sites excluding steroid dienone is 4. The zero-order valence-corrected chi connectivity index (χ0v) is 17.2. The van der Waals surface area contributed by atoms with Gasteiger partial charge < -0.3 is 0 Å². The summed E-state index contributed by atoms with van der Waals surface area (Å²) in [6.07, 6.45) is 8.25. The van der Waals surface area contributed by atoms with Gasteiger partial charge >= 0.3 is 6.18 Å². The fraction of sp³-hybridized carbons (Fsp3) is 0.773. The Morgan fingerprint density at radius 2 is 2.10 bits per heavy atom. The van der Waals surface area contributed by atoms with Crippen LogP contribution in [0.25, 0.3) is 0 Å². The van der Waals surface area contributed by atoms with Crippen molar-refractivity contribution >= 4 is 16.9 Å². The number of alkyl halides is 3. The quantitative estimate of drug-likeness (QED) is 0.640. The lowest BCUT2D eigenvalue weighted by molar-refractivity contribution is -0.151. The number of hydrogen-bond donors (Lipinski definition) is 1. The maximum absolute atomic E-state index is 13.2. The van der Waals surface area contributed by atoms with E-state index in [9.17, 15) is 18.0 Å². The third-order valence-electron chi connectivity index (χ3n) is 8.17. The molecule has 0 radical (unpaired) electrons. The lowest BCUT2D eigenvalue weighted by atomic mass is 9.56. The summed E-state index contributed by atoms with van der Waals surface area (Å²) in [5.74, 6) is 2.24. The summed E-state index contributed by atoms with van der Waals surface area (Å²) in [4.78, 5) is 19.1. The van der Waals surface area contributed by atoms with Gasteiger partial charge in [0, 0.05) is 30.1 Å². The van der Waals surface area contributed by atoms with Crippen molar-refractivity contribution in [3.05, 3.63) is 23.8 Å². The van der Waals surface area contributed by atoms with Crippen molar-refractivity contribution in [2.75, 3.05) is 12.3 Å². The van der Waals surface area contributed by atoms with E-state index in [-0.39, 0.29) is 22.7 Å². The zero-order valence-electron chi connectivity index (χ0n) is 16.4. The second kappa shape index (κ2) is 7.41. The first-order valence-corrected chi connectivity index (χ1v) is 11.9. The van der Waals surface area contributed by atoms with Gasteiger partial charge in [-0.15, -0.1) is 0 Å². The Morgan fingerprint density at radius 1 is 1.24 bits per heavy atom. The van der Waals surface area contributed by atoms with Crippen LogP contribution in [0.2, 0.25) is 0 Å². The molecule has 0 aromatic carbocycles. The van der Waals surface area contributed by atoms with E-state index in [2.05, 4.69) is 23.7 Å². The fourth-order valence-corrected chi connectivity index (χ4v) is 8.18. The van der Waals surface area contributed by atoms with Crippen molar-refractivity contribution < 1.29 is 22.8 Å². The first-order chi connectivity index (χ1) is 13.9. The average molecular weight is 428 g/mol. The van der Waals surface area contributed by atoms with Crippen LogP contribution in [0.4, 0.5) is 13.2 Å². The van der Waals surface area contributed by atoms with Gasteiger partial charge in [-0.2, -0.15) is 13.2 Å². The Kier molecular flexibility index (Phi) is 5.15. The van der Waals surface area contributed by atoms with Crippen LogP contribution in [-0.2, 0) is 9.63 Å². The molecule has 5 rings (SSSR count). The Morgan fingerprint density at radius 3 is 2.93 bits per heavy atom. The molecule has 0 bridgehead atoms. The minimum atomic E-state index is -4.23. The van der Waals surface area contributed by atoms with Crippen molar-refractivity contribution in [2.24, 2.45) is 35.5 Å². The molecule has 29 heavy (non-hydrogen) atoms. The highest BCUT2D eigenvalue weighted by molar-refractivity contribution is 8.13. The number of carbonyl (C=O) groups is 1. The largest absolute Gasteiger partial charge is 0.389 e. The number of halogens is 3. The smallest absolute Gasteiger partial charge is 0.286 e. The number of hydroxylamine groups is 1. The summed E-state index contributed by atoms with van der Waals surface area (Å²) in [5.41, 5.74) is 3.59. The van der Waals surface area contributed by atoms with Gasteiger partial charge in [-0.3, -0.25) is 9.63 Å². The van der Waals surface area contributed by atoms with Gasteiger partial charge in [-0.25, -0.2) is 5.48 Å². The molecule has 3 nitrogen and oxygen atoms in total. The molecule has 0 amide bonds. The number of carbonyl (C=O) groups excluding carboxylic acids is 1. The van der Waals surface area contributed by atoms with E-state index >= 15 is 0 Å². The summed E-state index contributed by atoms with van der Waals surface area (Å²) in [6, 6.07) is 0. The molecular weight excluding hydrogens is 399 g/mol. The minimum absolute atomic E-state index is 0.0842. The molecular formula is C22H28F3NO2S. The van der Waals surface area contributed by atoms with Crippen molar-refractivity contribution in [2.45, 2.75) is 56.7 Å². The number of rotatable bonds is 3. The van der Waals surface area contributed by atoms with Gasteiger partial charge in [0.05, 0.1) is 6.42 Å². The predicted octanol–water partition coefficient (Wildman–Crippen LogP) is 5.05. The predicted molar refractivity (Wildman–Crippen MR) is 106 cm³/mol. The summed E-state index contributed by atoms with van der Waals surface area (Å²) in [7, 11) is 0. The highest BCUT2D eigenvalue weighted by atomic mass is 32.2. The number of thioether (sulfide) groups is 1. The van der Waals surface area contributed by atoms with Crippen LogP contribution in [0, 0.1) is 35.5 Å². The van der Waals surface area contributed by atoms with Crippen LogP contribution in [0.3, 0.4) is 0 Å². The van der Waals surface area contributed by atoms with Crippen molar-refractivity contribution in [3.8, 4) is 0 Å². The van der Waals surface area contributed by atoms with E-state index in [4.69, 9.17) is 4.84 Å². The van der Waals surface area contributed by atoms with E-state index in [1.54, 1.807) is 5.57 Å². The lowest BCUT2D eigenvalue weighted by Crippen LogP contribution is -2.51. The van der Waals surface area contributed by atoms with Crippen LogP contribution < -0.4 is 5.48 Å². The van der Waals surface area contributed by atoms with Crippen LogP contribution >= 0.6 is 11.8 Å². The number of hydrogen-bond acceptors (Lipinski definition) is 4. The van der Waals surface area contributed by atoms with Crippen molar-refractivity contribution in [1.29, 1.82) is 0 Å². The summed E-state index contributed by atoms with van der Waals surface area (Å²) in [5, 5.41) is -0.184. The highest BCUT2D eigenvalue weighted by Gasteiger charge is 2.66. The maximum atomic E-state index is 13.2. The Labute approximate surface area is 173 Å². The topological polar surface area (TPSA) is 38.3 Å². The third-order valence-corrected chi connectivity index (χ3v) is 9.16. The van der Waals surface area contributed by atoms with Gasteiger partial charge in [0.2, 0.25) is 5.12 Å². The molecule has 4 fully saturated rings. The van der Waals surface area contributed by atoms with E-state index < -0.39 is 18.2 Å². The summed E-state index contributed by atoms with van der Waals surface area (Å²) in [6.45, 7) is 0.629. The first-order valence-electron chi connectivity index (χ1n) is 10.9. The van der Waals surface area contributed by atoms with E-state index in [0.29, 0.717) is 30.2 Å². The van der Waals surface area contributed by atoms with Gasteiger partial charge in [0.1, 0.15) is 0 Å². The van der Waals surface area contributed by atoms with Gasteiger partial charge in [0.15, 0.2) is 5.60 Å². The molecule has 1 heterocycles. The lowest BCUT2D eigenvalue weighted by Gasteiger charge is -2.49. The second-order valence-corrected chi connectivity index (χ2v) is 10.4. The number of nitrogens with one attached hydrogen (secondary N) is 1. The van der Waals surface area contributed by atoms with Crippen molar-refractivity contribution in [3.63, 3.8) is 0 Å². The van der Waals surface area contributed by atoms with Crippen molar-refractivity contribution in [1.82, 2.24) is 5.48 Å². The number of fused-ring (bicyclic) bond motifs is 7. The van der Waals surface area contributed by atoms with E-state index in [1.165, 1.54) is 6.42 Å². The molecule has 1 aliphatic heterocycles. The molecule has 1 saturated heterocycles. The second-order valence-electron chi connectivity index (χ2n) is 9.36. The SMILES string of the molecule is O=C(SCCC(F)(F)F)C12ONCC1CC1C3CCC4=CCC=CC4C3CCC12. The van der Waals surface area contributed by atoms with Crippen LogP contribution in [0.1, 0.15) is 44.9 Å². The first kappa shape index (κ1) is 20.1. The molecule has 5 aliphatic rings. The zero-order chi connectivity index (χ0) is 20.2. The van der Waals surface area contributed by atoms with E-state index in [1.807, 2.05) is 0 Å².